The lowest BCUT2D eigenvalue weighted by molar-refractivity contribution is 0.769. The van der Waals surface area contributed by atoms with Crippen LogP contribution in [0.4, 0.5) is 0 Å². The molecule has 0 aliphatic heterocycles. The van der Waals surface area contributed by atoms with Gasteiger partial charge in [0.1, 0.15) is 0 Å². The predicted octanol–water partition coefficient (Wildman–Crippen LogP) is 12.1. The van der Waals surface area contributed by atoms with Crippen LogP contribution in [0.2, 0.25) is 0 Å². The highest BCUT2D eigenvalue weighted by Gasteiger charge is 2.47. The van der Waals surface area contributed by atoms with E-state index in [1.54, 1.807) is 0 Å². The van der Waals surface area contributed by atoms with Gasteiger partial charge in [0.25, 0.3) is 0 Å². The minimum atomic E-state index is -0.491. The van der Waals surface area contributed by atoms with Gasteiger partial charge >= 0.3 is 0 Å². The second kappa shape index (κ2) is 11.8. The molecule has 10 rings (SSSR count). The Hall–Kier alpha value is -6.64. The van der Waals surface area contributed by atoms with Crippen molar-refractivity contribution in [1.82, 2.24) is 9.97 Å². The standard InChI is InChI=1S/C49H32N2/c1-5-17-33(18-6-1)47-48(34-19-7-2-8-20-34)51-44-32-36(29-30-43(44)50-47)45-39-26-14-13-21-35(39)31-42-46(45)40-27-15-16-28-41(40)49(42,37-22-9-3-10-23-37)38-24-11-4-12-25-38/h1-32H. The molecule has 0 amide bonds. The van der Waals surface area contributed by atoms with Gasteiger partial charge in [-0.25, -0.2) is 9.97 Å². The molecule has 0 N–H and O–H groups in total. The fourth-order valence-electron chi connectivity index (χ4n) is 8.37. The Labute approximate surface area is 297 Å². The number of aromatic nitrogens is 2. The van der Waals surface area contributed by atoms with E-state index in [1.165, 1.54) is 49.7 Å². The van der Waals surface area contributed by atoms with Crippen LogP contribution in [0.5, 0.6) is 0 Å². The molecule has 0 saturated carbocycles. The first-order valence-electron chi connectivity index (χ1n) is 17.5. The number of nitrogens with zero attached hydrogens (tertiary/aromatic N) is 2. The maximum atomic E-state index is 5.39. The summed E-state index contributed by atoms with van der Waals surface area (Å²) >= 11 is 0. The molecule has 238 valence electrons. The highest BCUT2D eigenvalue weighted by atomic mass is 14.8. The monoisotopic (exact) mass is 648 g/mol. The molecule has 0 bridgehead atoms. The van der Waals surface area contributed by atoms with Gasteiger partial charge in [-0.15, -0.1) is 0 Å². The normalized spacial score (nSPS) is 12.9. The molecule has 0 atom stereocenters. The van der Waals surface area contributed by atoms with Crippen molar-refractivity contribution in [2.45, 2.75) is 5.41 Å². The summed E-state index contributed by atoms with van der Waals surface area (Å²) in [7, 11) is 0. The van der Waals surface area contributed by atoms with Crippen molar-refractivity contribution in [1.29, 1.82) is 0 Å². The summed E-state index contributed by atoms with van der Waals surface area (Å²) in [4.78, 5) is 10.7. The number of benzene rings is 8. The smallest absolute Gasteiger partial charge is 0.0973 e. The first kappa shape index (κ1) is 29.3. The van der Waals surface area contributed by atoms with Crippen molar-refractivity contribution in [3.8, 4) is 44.8 Å². The zero-order chi connectivity index (χ0) is 33.8. The lowest BCUT2D eigenvalue weighted by Gasteiger charge is -2.34. The second-order valence-corrected chi connectivity index (χ2v) is 13.3. The highest BCUT2D eigenvalue weighted by Crippen LogP contribution is 2.59. The summed E-state index contributed by atoms with van der Waals surface area (Å²) in [5.41, 5.74) is 15.1. The van der Waals surface area contributed by atoms with Crippen molar-refractivity contribution in [3.05, 3.63) is 216 Å². The summed E-state index contributed by atoms with van der Waals surface area (Å²) in [6, 6.07) is 69.7. The van der Waals surface area contributed by atoms with Gasteiger partial charge in [0.2, 0.25) is 0 Å². The molecule has 9 aromatic rings. The van der Waals surface area contributed by atoms with E-state index in [-0.39, 0.29) is 0 Å². The van der Waals surface area contributed by atoms with Gasteiger partial charge in [-0.1, -0.05) is 176 Å². The van der Waals surface area contributed by atoms with E-state index in [0.29, 0.717) is 0 Å². The molecule has 0 radical (unpaired) electrons. The van der Waals surface area contributed by atoms with Crippen LogP contribution in [0.1, 0.15) is 22.3 Å². The Morgan fingerprint density at radius 2 is 0.882 bits per heavy atom. The molecule has 2 nitrogen and oxygen atoms in total. The summed E-state index contributed by atoms with van der Waals surface area (Å²) < 4.78 is 0. The van der Waals surface area contributed by atoms with Gasteiger partial charge in [-0.2, -0.15) is 0 Å². The fourth-order valence-corrected chi connectivity index (χ4v) is 8.37. The average molecular weight is 649 g/mol. The maximum absolute atomic E-state index is 5.39. The van der Waals surface area contributed by atoms with Gasteiger partial charge in [-0.3, -0.25) is 0 Å². The Balaban J connectivity index is 1.30. The van der Waals surface area contributed by atoms with E-state index < -0.39 is 5.41 Å². The molecule has 0 saturated heterocycles. The molecule has 1 aromatic heterocycles. The lowest BCUT2D eigenvalue weighted by atomic mass is 9.67. The zero-order valence-electron chi connectivity index (χ0n) is 27.9. The van der Waals surface area contributed by atoms with E-state index >= 15 is 0 Å². The molecule has 51 heavy (non-hydrogen) atoms. The largest absolute Gasteiger partial charge is 0.244 e. The van der Waals surface area contributed by atoms with Crippen LogP contribution in [0.25, 0.3) is 66.6 Å². The number of rotatable bonds is 5. The Morgan fingerprint density at radius 1 is 0.353 bits per heavy atom. The van der Waals surface area contributed by atoms with E-state index in [4.69, 9.17) is 9.97 Å². The van der Waals surface area contributed by atoms with E-state index in [1.807, 2.05) is 12.1 Å². The Bertz CT molecular complexity index is 2680. The second-order valence-electron chi connectivity index (χ2n) is 13.3. The zero-order valence-corrected chi connectivity index (χ0v) is 27.9. The van der Waals surface area contributed by atoms with Crippen LogP contribution in [-0.2, 0) is 5.41 Å². The number of hydrogen-bond donors (Lipinski definition) is 0. The van der Waals surface area contributed by atoms with E-state index in [9.17, 15) is 0 Å². The quantitative estimate of drug-likeness (QED) is 0.186. The summed E-state index contributed by atoms with van der Waals surface area (Å²) in [5, 5.41) is 2.44. The minimum Gasteiger partial charge on any atom is -0.244 e. The molecule has 1 aliphatic rings. The third-order valence-electron chi connectivity index (χ3n) is 10.5. The van der Waals surface area contributed by atoms with Crippen LogP contribution in [0.15, 0.2) is 194 Å². The van der Waals surface area contributed by atoms with Crippen molar-refractivity contribution in [2.75, 3.05) is 0 Å². The molecule has 0 unspecified atom stereocenters. The van der Waals surface area contributed by atoms with Crippen LogP contribution < -0.4 is 0 Å². The van der Waals surface area contributed by atoms with Gasteiger partial charge in [0.05, 0.1) is 27.8 Å². The first-order chi connectivity index (χ1) is 25.3. The minimum absolute atomic E-state index is 0.491. The van der Waals surface area contributed by atoms with E-state index in [2.05, 4.69) is 182 Å². The number of fused-ring (bicyclic) bond motifs is 5. The molecule has 0 spiro atoms. The summed E-state index contributed by atoms with van der Waals surface area (Å²) in [6.07, 6.45) is 0. The van der Waals surface area contributed by atoms with Gasteiger partial charge in [0, 0.05) is 11.1 Å². The van der Waals surface area contributed by atoms with Crippen LogP contribution in [-0.4, -0.2) is 9.97 Å². The van der Waals surface area contributed by atoms with Crippen molar-refractivity contribution >= 4 is 21.8 Å². The topological polar surface area (TPSA) is 25.8 Å². The molecule has 8 aromatic carbocycles. The van der Waals surface area contributed by atoms with Crippen molar-refractivity contribution in [2.24, 2.45) is 0 Å². The lowest BCUT2D eigenvalue weighted by Crippen LogP contribution is -2.28. The van der Waals surface area contributed by atoms with Crippen molar-refractivity contribution < 1.29 is 0 Å². The predicted molar refractivity (Wildman–Crippen MR) is 211 cm³/mol. The molecular formula is C49H32N2. The third kappa shape index (κ3) is 4.50. The molecule has 1 aliphatic carbocycles. The van der Waals surface area contributed by atoms with Gasteiger partial charge in [-0.05, 0) is 73.5 Å². The van der Waals surface area contributed by atoms with Crippen LogP contribution in [0.3, 0.4) is 0 Å². The highest BCUT2D eigenvalue weighted by molar-refractivity contribution is 6.10. The van der Waals surface area contributed by atoms with Gasteiger partial charge in [0.15, 0.2) is 0 Å². The Kier molecular flexibility index (Phi) is 6.75. The molecule has 2 heteroatoms. The summed E-state index contributed by atoms with van der Waals surface area (Å²) in [6.45, 7) is 0. The SMILES string of the molecule is c1ccc(-c2nc3ccc(-c4c5c(cc6ccccc46)C(c4ccccc4)(c4ccccc4)c4ccccc4-5)cc3nc2-c2ccccc2)cc1. The fraction of sp³-hybridized carbons (Fsp3) is 0.0204. The van der Waals surface area contributed by atoms with Gasteiger partial charge < -0.3 is 0 Å². The van der Waals surface area contributed by atoms with E-state index in [0.717, 1.165) is 39.1 Å². The number of hydrogen-bond acceptors (Lipinski definition) is 2. The van der Waals surface area contributed by atoms with Crippen molar-refractivity contribution in [3.63, 3.8) is 0 Å². The molecule has 1 heterocycles. The average Bonchev–Trinajstić information content (AvgIpc) is 3.51. The Morgan fingerprint density at radius 3 is 1.53 bits per heavy atom. The van der Waals surface area contributed by atoms with Crippen LogP contribution in [0, 0.1) is 0 Å². The maximum Gasteiger partial charge on any atom is 0.0973 e. The molecule has 0 fully saturated rings. The molecular weight excluding hydrogens is 617 g/mol. The first-order valence-corrected chi connectivity index (χ1v) is 17.5. The van der Waals surface area contributed by atoms with Crippen LogP contribution >= 0.6 is 0 Å². The summed E-state index contributed by atoms with van der Waals surface area (Å²) in [5.74, 6) is 0. The third-order valence-corrected chi connectivity index (χ3v) is 10.5.